The Balaban J connectivity index is 1.69. The first-order chi connectivity index (χ1) is 15.2. The Morgan fingerprint density at radius 3 is 2.50 bits per heavy atom. The molecule has 0 aliphatic carbocycles. The number of aliphatic hydroxyl groups is 1. The van der Waals surface area contributed by atoms with E-state index in [2.05, 4.69) is 10.2 Å². The number of carbonyl (C=O) groups excluding carboxylic acids is 1. The number of imidazole rings is 1. The van der Waals surface area contributed by atoms with Gasteiger partial charge in [0, 0.05) is 24.3 Å². The summed E-state index contributed by atoms with van der Waals surface area (Å²) in [6.45, 7) is 11.7. The largest absolute Gasteiger partial charge is 0.390 e. The smallest absolute Gasteiger partial charge is 0.225 e. The van der Waals surface area contributed by atoms with Crippen molar-refractivity contribution in [1.29, 1.82) is 0 Å². The molecule has 1 aliphatic heterocycles. The number of nitrogens with zero attached hydrogens (tertiary/aromatic N) is 4. The summed E-state index contributed by atoms with van der Waals surface area (Å²) in [6.07, 6.45) is 0.0387. The van der Waals surface area contributed by atoms with Crippen LogP contribution in [0, 0.1) is 12.4 Å². The maximum Gasteiger partial charge on any atom is 0.225 e. The number of halogens is 1. The number of rotatable bonds is 5. The molecule has 4 rings (SSSR count). The minimum atomic E-state index is -1.08. The van der Waals surface area contributed by atoms with Gasteiger partial charge >= 0.3 is 0 Å². The molecule has 1 aromatic heterocycles. The predicted molar refractivity (Wildman–Crippen MR) is 120 cm³/mol. The average molecular weight is 433 g/mol. The predicted octanol–water partition coefficient (Wildman–Crippen LogP) is 4.49. The van der Waals surface area contributed by atoms with Crippen molar-refractivity contribution in [3.05, 3.63) is 71.6 Å². The molecule has 0 radical (unpaired) electrons. The zero-order chi connectivity index (χ0) is 22.9. The number of hydrogen-bond acceptors (Lipinski definition) is 4. The highest BCUT2D eigenvalue weighted by molar-refractivity contribution is 5.79. The first-order valence-corrected chi connectivity index (χ1v) is 10.3. The summed E-state index contributed by atoms with van der Waals surface area (Å²) in [4.78, 5) is 22.5. The number of hydrogen-bond donors (Lipinski definition) is 2. The Bertz CT molecular complexity index is 1170. The zero-order valence-corrected chi connectivity index (χ0v) is 18.0. The molecule has 0 unspecified atom stereocenters. The van der Waals surface area contributed by atoms with Gasteiger partial charge in [0.2, 0.25) is 5.91 Å². The third-order valence-corrected chi connectivity index (χ3v) is 5.29. The van der Waals surface area contributed by atoms with Crippen molar-refractivity contribution in [3.8, 4) is 11.3 Å². The molecule has 0 spiro atoms. The van der Waals surface area contributed by atoms with Crippen molar-refractivity contribution in [1.82, 2.24) is 14.5 Å². The summed E-state index contributed by atoms with van der Waals surface area (Å²) in [5.41, 5.74) is 1.68. The van der Waals surface area contributed by atoms with Gasteiger partial charge in [-0.05, 0) is 50.2 Å². The number of anilines is 2. The van der Waals surface area contributed by atoms with Crippen LogP contribution in [0.3, 0.4) is 0 Å². The van der Waals surface area contributed by atoms with Crippen LogP contribution >= 0.6 is 0 Å². The van der Waals surface area contributed by atoms with Crippen molar-refractivity contribution in [2.45, 2.75) is 39.0 Å². The Labute approximate surface area is 185 Å². The van der Waals surface area contributed by atoms with Crippen LogP contribution in [-0.2, 0) is 17.9 Å². The van der Waals surface area contributed by atoms with Crippen molar-refractivity contribution < 1.29 is 14.3 Å². The van der Waals surface area contributed by atoms with Gasteiger partial charge in [-0.3, -0.25) is 4.79 Å². The number of amides is 1. The lowest BCUT2D eigenvalue weighted by Gasteiger charge is -2.30. The summed E-state index contributed by atoms with van der Waals surface area (Å²) in [7, 11) is 0. The van der Waals surface area contributed by atoms with E-state index in [0.717, 1.165) is 17.1 Å². The second-order valence-corrected chi connectivity index (χ2v) is 8.47. The molecule has 8 heteroatoms. The van der Waals surface area contributed by atoms with E-state index in [1.54, 1.807) is 43.0 Å². The van der Waals surface area contributed by atoms with Crippen molar-refractivity contribution in [2.75, 3.05) is 11.9 Å². The molecule has 164 valence electrons. The lowest BCUT2D eigenvalue weighted by atomic mass is 10.0. The fraction of sp³-hybridized carbons (Fsp3) is 0.292. The fourth-order valence-electron chi connectivity index (χ4n) is 3.72. The molecule has 32 heavy (non-hydrogen) atoms. The number of nitrogens with one attached hydrogen (secondary N) is 1. The highest BCUT2D eigenvalue weighted by atomic mass is 19.1. The molecule has 2 aromatic carbocycles. The molecule has 0 saturated heterocycles. The highest BCUT2D eigenvalue weighted by Gasteiger charge is 2.29. The Hall–Kier alpha value is -3.70. The van der Waals surface area contributed by atoms with E-state index in [1.807, 2.05) is 16.7 Å². The SMILES string of the molecule is [C-]#[N+]c1ccc(Nc2c(-c3ccc(F)cc3)nc3n2CCN(C(=O)CC(C)(C)O)C3)cc1. The summed E-state index contributed by atoms with van der Waals surface area (Å²) >= 11 is 0. The molecular weight excluding hydrogens is 409 g/mol. The maximum absolute atomic E-state index is 13.5. The number of benzene rings is 2. The van der Waals surface area contributed by atoms with E-state index in [9.17, 15) is 14.3 Å². The first kappa shape index (κ1) is 21.5. The van der Waals surface area contributed by atoms with Gasteiger partial charge in [-0.25, -0.2) is 14.2 Å². The van der Waals surface area contributed by atoms with E-state index in [4.69, 9.17) is 11.6 Å². The van der Waals surface area contributed by atoms with Gasteiger partial charge in [0.25, 0.3) is 0 Å². The second kappa shape index (κ2) is 8.44. The van der Waals surface area contributed by atoms with Crippen molar-refractivity contribution in [2.24, 2.45) is 0 Å². The zero-order valence-electron chi connectivity index (χ0n) is 18.0. The van der Waals surface area contributed by atoms with Crippen LogP contribution in [0.5, 0.6) is 0 Å². The normalized spacial score (nSPS) is 13.4. The van der Waals surface area contributed by atoms with Gasteiger partial charge in [-0.15, -0.1) is 0 Å². The molecule has 0 bridgehead atoms. The summed E-state index contributed by atoms with van der Waals surface area (Å²) < 4.78 is 15.5. The molecule has 7 nitrogen and oxygen atoms in total. The van der Waals surface area contributed by atoms with Crippen molar-refractivity contribution >= 4 is 23.1 Å². The van der Waals surface area contributed by atoms with Crippen LogP contribution < -0.4 is 5.32 Å². The Morgan fingerprint density at radius 1 is 1.19 bits per heavy atom. The third-order valence-electron chi connectivity index (χ3n) is 5.29. The Kier molecular flexibility index (Phi) is 5.68. The molecule has 2 heterocycles. The first-order valence-electron chi connectivity index (χ1n) is 10.3. The fourth-order valence-corrected chi connectivity index (χ4v) is 3.72. The minimum Gasteiger partial charge on any atom is -0.390 e. The molecule has 1 amide bonds. The van der Waals surface area contributed by atoms with E-state index >= 15 is 0 Å². The molecular formula is C24H24FN5O2. The summed E-state index contributed by atoms with van der Waals surface area (Å²) in [6, 6.07) is 13.2. The van der Waals surface area contributed by atoms with Crippen LogP contribution in [-0.4, -0.2) is 37.6 Å². The Morgan fingerprint density at radius 2 is 1.88 bits per heavy atom. The molecule has 0 saturated carbocycles. The van der Waals surface area contributed by atoms with Gasteiger partial charge in [-0.2, -0.15) is 0 Å². The third kappa shape index (κ3) is 4.63. The van der Waals surface area contributed by atoms with Crippen LogP contribution in [0.2, 0.25) is 0 Å². The lowest BCUT2D eigenvalue weighted by molar-refractivity contribution is -0.136. The van der Waals surface area contributed by atoms with Crippen molar-refractivity contribution in [3.63, 3.8) is 0 Å². The van der Waals surface area contributed by atoms with E-state index in [0.29, 0.717) is 36.8 Å². The van der Waals surface area contributed by atoms with Crippen LogP contribution in [0.1, 0.15) is 26.1 Å². The topological polar surface area (TPSA) is 74.8 Å². The average Bonchev–Trinajstić information content (AvgIpc) is 3.11. The monoisotopic (exact) mass is 433 g/mol. The molecule has 1 aliphatic rings. The van der Waals surface area contributed by atoms with E-state index in [1.165, 1.54) is 12.1 Å². The molecule has 2 N–H and O–H groups in total. The second-order valence-electron chi connectivity index (χ2n) is 8.47. The quantitative estimate of drug-likeness (QED) is 0.582. The molecule has 0 atom stereocenters. The summed E-state index contributed by atoms with van der Waals surface area (Å²) in [5, 5.41) is 13.4. The number of fused-ring (bicyclic) bond motifs is 1. The lowest BCUT2D eigenvalue weighted by Crippen LogP contribution is -2.41. The van der Waals surface area contributed by atoms with Crippen LogP contribution in [0.15, 0.2) is 48.5 Å². The standard InChI is InChI=1S/C24H24FN5O2/c1-24(2,32)14-21(31)29-12-13-30-20(15-29)28-22(16-4-6-17(25)7-5-16)23(30)27-19-10-8-18(26-3)9-11-19/h4-11,27,32H,12-15H2,1-2H3. The highest BCUT2D eigenvalue weighted by Crippen LogP contribution is 2.34. The van der Waals surface area contributed by atoms with Gasteiger partial charge in [0.15, 0.2) is 5.69 Å². The van der Waals surface area contributed by atoms with E-state index < -0.39 is 5.60 Å². The number of carbonyl (C=O) groups is 1. The van der Waals surface area contributed by atoms with E-state index in [-0.39, 0.29) is 18.1 Å². The van der Waals surface area contributed by atoms with Gasteiger partial charge < -0.3 is 19.9 Å². The van der Waals surface area contributed by atoms with Crippen LogP contribution in [0.25, 0.3) is 16.1 Å². The maximum atomic E-state index is 13.5. The molecule has 0 fully saturated rings. The molecule has 3 aromatic rings. The van der Waals surface area contributed by atoms with Gasteiger partial charge in [0.05, 0.1) is 25.1 Å². The summed E-state index contributed by atoms with van der Waals surface area (Å²) in [5.74, 6) is 1.00. The number of aromatic nitrogens is 2. The van der Waals surface area contributed by atoms with Gasteiger partial charge in [0.1, 0.15) is 23.2 Å². The minimum absolute atomic E-state index is 0.0387. The van der Waals surface area contributed by atoms with Crippen LogP contribution in [0.4, 0.5) is 21.6 Å². The van der Waals surface area contributed by atoms with Gasteiger partial charge in [-0.1, -0.05) is 12.1 Å².